The van der Waals surface area contributed by atoms with E-state index in [9.17, 15) is 0 Å². The Kier molecular flexibility index (Phi) is 3.17. The summed E-state index contributed by atoms with van der Waals surface area (Å²) in [5.41, 5.74) is 0.885. The summed E-state index contributed by atoms with van der Waals surface area (Å²) < 4.78 is 5.88. The first-order valence-corrected chi connectivity index (χ1v) is 8.51. The molecule has 1 aliphatic heterocycles. The highest BCUT2D eigenvalue weighted by molar-refractivity contribution is 5.88. The summed E-state index contributed by atoms with van der Waals surface area (Å²) in [6, 6.07) is 1.98. The number of rotatable bonds is 3. The molecule has 0 amide bonds. The third-order valence-corrected chi connectivity index (χ3v) is 4.94. The zero-order valence-electron chi connectivity index (χ0n) is 13.3. The third-order valence-electron chi connectivity index (χ3n) is 4.94. The van der Waals surface area contributed by atoms with E-state index >= 15 is 0 Å². The van der Waals surface area contributed by atoms with Crippen LogP contribution in [-0.4, -0.2) is 38.2 Å². The lowest BCUT2D eigenvalue weighted by molar-refractivity contribution is 0.375. The van der Waals surface area contributed by atoms with Crippen molar-refractivity contribution in [3.63, 3.8) is 0 Å². The molecule has 0 spiro atoms. The molecule has 0 unspecified atom stereocenters. The first kappa shape index (κ1) is 13.8. The maximum atomic E-state index is 5.88. The van der Waals surface area contributed by atoms with Crippen LogP contribution in [-0.2, 0) is 0 Å². The van der Waals surface area contributed by atoms with E-state index < -0.39 is 0 Å². The van der Waals surface area contributed by atoms with Gasteiger partial charge in [0.15, 0.2) is 0 Å². The second-order valence-electron chi connectivity index (χ2n) is 6.60. The first-order valence-electron chi connectivity index (χ1n) is 8.51. The van der Waals surface area contributed by atoms with E-state index in [0.29, 0.717) is 11.8 Å². The van der Waals surface area contributed by atoms with Gasteiger partial charge in [-0.05, 0) is 31.7 Å². The van der Waals surface area contributed by atoms with Crippen LogP contribution in [0, 0.1) is 0 Å². The van der Waals surface area contributed by atoms with Crippen LogP contribution in [0.15, 0.2) is 29.2 Å². The highest BCUT2D eigenvalue weighted by Crippen LogP contribution is 2.40. The standard InChI is InChI=1S/C17H18N6O/c1-2-11(1)16-21-22-17(24-16)12-4-7-23(8-5-12)15-13-3-6-18-9-14(13)19-10-20-15/h3,6,9-12H,1-2,4-5,7-8H2. The van der Waals surface area contributed by atoms with Crippen molar-refractivity contribution in [2.75, 3.05) is 18.0 Å². The zero-order chi connectivity index (χ0) is 15.9. The minimum absolute atomic E-state index is 0.357. The minimum atomic E-state index is 0.357. The predicted molar refractivity (Wildman–Crippen MR) is 87.8 cm³/mol. The van der Waals surface area contributed by atoms with Crippen molar-refractivity contribution in [1.29, 1.82) is 0 Å². The van der Waals surface area contributed by atoms with Gasteiger partial charge in [-0.2, -0.15) is 0 Å². The lowest BCUT2D eigenvalue weighted by Gasteiger charge is -2.31. The fourth-order valence-corrected chi connectivity index (χ4v) is 3.39. The molecule has 5 rings (SSSR count). The van der Waals surface area contributed by atoms with Crippen molar-refractivity contribution in [2.24, 2.45) is 0 Å². The smallest absolute Gasteiger partial charge is 0.219 e. The fraction of sp³-hybridized carbons (Fsp3) is 0.471. The molecule has 24 heavy (non-hydrogen) atoms. The fourth-order valence-electron chi connectivity index (χ4n) is 3.39. The molecule has 1 saturated heterocycles. The number of piperidine rings is 1. The van der Waals surface area contributed by atoms with Crippen molar-refractivity contribution >= 4 is 16.7 Å². The van der Waals surface area contributed by atoms with Gasteiger partial charge in [0.25, 0.3) is 0 Å². The molecule has 4 heterocycles. The Bertz CT molecular complexity index is 861. The van der Waals surface area contributed by atoms with Gasteiger partial charge in [0.1, 0.15) is 12.1 Å². The van der Waals surface area contributed by atoms with Crippen LogP contribution < -0.4 is 4.90 Å². The average molecular weight is 322 g/mol. The van der Waals surface area contributed by atoms with Gasteiger partial charge in [-0.25, -0.2) is 9.97 Å². The topological polar surface area (TPSA) is 80.8 Å². The van der Waals surface area contributed by atoms with Gasteiger partial charge >= 0.3 is 0 Å². The minimum Gasteiger partial charge on any atom is -0.425 e. The summed E-state index contributed by atoms with van der Waals surface area (Å²) in [7, 11) is 0. The van der Waals surface area contributed by atoms with Gasteiger partial charge in [-0.1, -0.05) is 0 Å². The quantitative estimate of drug-likeness (QED) is 0.733. The Balaban J connectivity index is 1.34. The maximum Gasteiger partial charge on any atom is 0.219 e. The van der Waals surface area contributed by atoms with Crippen molar-refractivity contribution in [3.05, 3.63) is 36.6 Å². The SMILES string of the molecule is c1cc2c(N3CCC(c4nnc(C5CC5)o4)CC3)ncnc2cn1. The van der Waals surface area contributed by atoms with Crippen LogP contribution in [0.2, 0.25) is 0 Å². The van der Waals surface area contributed by atoms with Gasteiger partial charge in [-0.3, -0.25) is 4.98 Å². The lowest BCUT2D eigenvalue weighted by atomic mass is 9.96. The van der Waals surface area contributed by atoms with Crippen LogP contribution in [0.3, 0.4) is 0 Å². The van der Waals surface area contributed by atoms with Gasteiger partial charge in [0, 0.05) is 36.5 Å². The Morgan fingerprint density at radius 2 is 1.71 bits per heavy atom. The number of anilines is 1. The maximum absolute atomic E-state index is 5.88. The van der Waals surface area contributed by atoms with Crippen LogP contribution in [0.4, 0.5) is 5.82 Å². The van der Waals surface area contributed by atoms with Crippen LogP contribution in [0.25, 0.3) is 10.9 Å². The molecule has 1 aliphatic carbocycles. The summed E-state index contributed by atoms with van der Waals surface area (Å²) in [6.07, 6.45) is 9.58. The number of pyridine rings is 1. The normalized spacial score (nSPS) is 19.1. The first-order chi connectivity index (χ1) is 11.9. The molecule has 3 aromatic heterocycles. The van der Waals surface area contributed by atoms with Crippen LogP contribution >= 0.6 is 0 Å². The molecule has 0 N–H and O–H groups in total. The molecule has 0 bridgehead atoms. The average Bonchev–Trinajstić information content (AvgIpc) is 3.38. The van der Waals surface area contributed by atoms with Crippen molar-refractivity contribution in [1.82, 2.24) is 25.1 Å². The summed E-state index contributed by atoms with van der Waals surface area (Å²) >= 11 is 0. The van der Waals surface area contributed by atoms with E-state index in [1.807, 2.05) is 6.07 Å². The van der Waals surface area contributed by atoms with Gasteiger partial charge < -0.3 is 9.32 Å². The Morgan fingerprint density at radius 1 is 0.958 bits per heavy atom. The molecule has 2 aliphatic rings. The van der Waals surface area contributed by atoms with E-state index in [1.165, 1.54) is 12.8 Å². The van der Waals surface area contributed by atoms with Gasteiger partial charge in [0.2, 0.25) is 11.8 Å². The van der Waals surface area contributed by atoms with Crippen LogP contribution in [0.1, 0.15) is 49.3 Å². The zero-order valence-corrected chi connectivity index (χ0v) is 13.3. The van der Waals surface area contributed by atoms with E-state index in [1.54, 1.807) is 18.7 Å². The second-order valence-corrected chi connectivity index (χ2v) is 6.60. The van der Waals surface area contributed by atoms with Gasteiger partial charge in [-0.15, -0.1) is 10.2 Å². The highest BCUT2D eigenvalue weighted by Gasteiger charge is 2.32. The summed E-state index contributed by atoms with van der Waals surface area (Å²) in [5.74, 6) is 3.52. The van der Waals surface area contributed by atoms with Gasteiger partial charge in [0.05, 0.1) is 11.7 Å². The monoisotopic (exact) mass is 322 g/mol. The molecule has 0 atom stereocenters. The van der Waals surface area contributed by atoms with Crippen molar-refractivity contribution in [2.45, 2.75) is 37.5 Å². The molecular formula is C17H18N6O. The molecule has 1 saturated carbocycles. The molecule has 0 radical (unpaired) electrons. The molecule has 122 valence electrons. The molecular weight excluding hydrogens is 304 g/mol. The third kappa shape index (κ3) is 2.40. The summed E-state index contributed by atoms with van der Waals surface area (Å²) in [6.45, 7) is 1.86. The second kappa shape index (κ2) is 5.51. The molecule has 2 fully saturated rings. The largest absolute Gasteiger partial charge is 0.425 e. The number of aromatic nitrogens is 5. The highest BCUT2D eigenvalue weighted by atomic mass is 16.4. The molecule has 7 nitrogen and oxygen atoms in total. The molecule has 7 heteroatoms. The molecule has 3 aromatic rings. The lowest BCUT2D eigenvalue weighted by Crippen LogP contribution is -2.33. The number of hydrogen-bond donors (Lipinski definition) is 0. The number of hydrogen-bond acceptors (Lipinski definition) is 7. The predicted octanol–water partition coefficient (Wildman–Crippen LogP) is 2.67. The Hall–Kier alpha value is -2.57. The van der Waals surface area contributed by atoms with E-state index in [2.05, 4.69) is 30.0 Å². The Morgan fingerprint density at radius 3 is 2.46 bits per heavy atom. The van der Waals surface area contributed by atoms with Crippen LogP contribution in [0.5, 0.6) is 0 Å². The van der Waals surface area contributed by atoms with E-state index in [0.717, 1.165) is 54.4 Å². The number of nitrogens with zero attached hydrogens (tertiary/aromatic N) is 6. The number of fused-ring (bicyclic) bond motifs is 1. The van der Waals surface area contributed by atoms with E-state index in [4.69, 9.17) is 4.42 Å². The molecule has 0 aromatic carbocycles. The summed E-state index contributed by atoms with van der Waals surface area (Å²) in [5, 5.41) is 9.55. The van der Waals surface area contributed by atoms with Crippen molar-refractivity contribution < 1.29 is 4.42 Å². The Labute approximate surface area is 139 Å². The van der Waals surface area contributed by atoms with Crippen molar-refractivity contribution in [3.8, 4) is 0 Å². The van der Waals surface area contributed by atoms with E-state index in [-0.39, 0.29) is 0 Å². The summed E-state index contributed by atoms with van der Waals surface area (Å²) in [4.78, 5) is 15.2.